The maximum atomic E-state index is 13.4. The van der Waals surface area contributed by atoms with E-state index in [1.165, 1.54) is 23.1 Å². The van der Waals surface area contributed by atoms with E-state index in [0.717, 1.165) is 47.4 Å². The van der Waals surface area contributed by atoms with Gasteiger partial charge in [0.1, 0.15) is 11.6 Å². The Balaban J connectivity index is 1.29. The fourth-order valence-electron chi connectivity index (χ4n) is 3.98. The minimum Gasteiger partial charge on any atom is -0.343 e. The normalized spacial score (nSPS) is 11.5. The number of nitrogens with one attached hydrogen (secondary N) is 2. The van der Waals surface area contributed by atoms with E-state index in [9.17, 15) is 4.39 Å². The first-order valence-corrected chi connectivity index (χ1v) is 10.7. The van der Waals surface area contributed by atoms with Crippen LogP contribution in [0.25, 0.3) is 21.9 Å². The third-order valence-electron chi connectivity index (χ3n) is 5.52. The van der Waals surface area contributed by atoms with Gasteiger partial charge < -0.3 is 14.9 Å². The summed E-state index contributed by atoms with van der Waals surface area (Å²) in [5.41, 5.74) is 5.32. The largest absolute Gasteiger partial charge is 0.343 e. The van der Waals surface area contributed by atoms with Crippen LogP contribution >= 0.6 is 11.6 Å². The number of rotatable bonds is 7. The number of para-hydroxylation sites is 3. The molecule has 0 aliphatic carbocycles. The SMILES string of the molecule is Fc1ccc(Cn2cc(CNCCc3nc4ccccc4[nH]3)c3ccccc32)c(Cl)c1. The summed E-state index contributed by atoms with van der Waals surface area (Å²) in [6.45, 7) is 2.17. The second-order valence-corrected chi connectivity index (χ2v) is 8.07. The van der Waals surface area contributed by atoms with E-state index in [1.807, 2.05) is 30.3 Å². The first-order valence-electron chi connectivity index (χ1n) is 10.3. The monoisotopic (exact) mass is 432 g/mol. The van der Waals surface area contributed by atoms with Crippen LogP contribution in [-0.2, 0) is 19.5 Å². The minimum atomic E-state index is -0.319. The highest BCUT2D eigenvalue weighted by Crippen LogP contribution is 2.25. The van der Waals surface area contributed by atoms with Crippen LogP contribution in [0.1, 0.15) is 17.0 Å². The van der Waals surface area contributed by atoms with Crippen molar-refractivity contribution in [1.29, 1.82) is 0 Å². The van der Waals surface area contributed by atoms with Crippen molar-refractivity contribution in [3.05, 3.63) is 101 Å². The molecule has 2 aromatic heterocycles. The third kappa shape index (κ3) is 4.20. The fraction of sp³-hybridized carbons (Fsp3) is 0.160. The maximum absolute atomic E-state index is 13.4. The minimum absolute atomic E-state index is 0.319. The molecule has 5 rings (SSSR count). The summed E-state index contributed by atoms with van der Waals surface area (Å²) in [6, 6.07) is 21.0. The molecule has 2 heterocycles. The highest BCUT2D eigenvalue weighted by atomic mass is 35.5. The Labute approximate surface area is 184 Å². The number of aromatic nitrogens is 3. The van der Waals surface area contributed by atoms with Crippen LogP contribution in [0, 0.1) is 5.82 Å². The number of fused-ring (bicyclic) bond motifs is 2. The summed E-state index contributed by atoms with van der Waals surface area (Å²) in [5.74, 6) is 0.669. The Morgan fingerprint density at radius 2 is 1.84 bits per heavy atom. The molecule has 0 spiro atoms. The highest BCUT2D eigenvalue weighted by Gasteiger charge is 2.10. The molecule has 156 valence electrons. The molecule has 0 unspecified atom stereocenters. The molecule has 0 bridgehead atoms. The molecule has 0 aliphatic heterocycles. The van der Waals surface area contributed by atoms with Crippen molar-refractivity contribution in [2.45, 2.75) is 19.5 Å². The third-order valence-corrected chi connectivity index (χ3v) is 5.87. The maximum Gasteiger partial charge on any atom is 0.124 e. The van der Waals surface area contributed by atoms with Gasteiger partial charge in [0.05, 0.1) is 11.0 Å². The van der Waals surface area contributed by atoms with Crippen LogP contribution in [0.3, 0.4) is 0 Å². The van der Waals surface area contributed by atoms with Crippen molar-refractivity contribution in [1.82, 2.24) is 19.9 Å². The van der Waals surface area contributed by atoms with Gasteiger partial charge in [-0.15, -0.1) is 0 Å². The first-order chi connectivity index (χ1) is 15.2. The first kappa shape index (κ1) is 19.8. The number of imidazole rings is 1. The average molecular weight is 433 g/mol. The zero-order valence-electron chi connectivity index (χ0n) is 16.9. The molecule has 2 N–H and O–H groups in total. The number of H-pyrrole nitrogens is 1. The number of nitrogens with zero attached hydrogens (tertiary/aromatic N) is 2. The zero-order valence-corrected chi connectivity index (χ0v) is 17.7. The number of hydrogen-bond acceptors (Lipinski definition) is 2. The molecule has 6 heteroatoms. The van der Waals surface area contributed by atoms with Crippen molar-refractivity contribution in [3.63, 3.8) is 0 Å². The van der Waals surface area contributed by atoms with E-state index in [2.05, 4.69) is 44.2 Å². The van der Waals surface area contributed by atoms with Gasteiger partial charge in [-0.05, 0) is 41.5 Å². The van der Waals surface area contributed by atoms with E-state index < -0.39 is 0 Å². The predicted molar refractivity (Wildman–Crippen MR) is 124 cm³/mol. The molecule has 0 radical (unpaired) electrons. The average Bonchev–Trinajstić information content (AvgIpc) is 3.34. The van der Waals surface area contributed by atoms with Crippen molar-refractivity contribution in [2.24, 2.45) is 0 Å². The summed E-state index contributed by atoms with van der Waals surface area (Å²) < 4.78 is 15.6. The van der Waals surface area contributed by atoms with Crippen LogP contribution in [0.5, 0.6) is 0 Å². The van der Waals surface area contributed by atoms with Crippen molar-refractivity contribution in [3.8, 4) is 0 Å². The summed E-state index contributed by atoms with van der Waals surface area (Å²) in [5, 5.41) is 5.19. The molecule has 31 heavy (non-hydrogen) atoms. The second-order valence-electron chi connectivity index (χ2n) is 7.66. The van der Waals surface area contributed by atoms with Crippen LogP contribution < -0.4 is 5.32 Å². The van der Waals surface area contributed by atoms with Gasteiger partial charge in [0.15, 0.2) is 0 Å². The quantitative estimate of drug-likeness (QED) is 0.324. The Kier molecular flexibility index (Phi) is 5.45. The fourth-order valence-corrected chi connectivity index (χ4v) is 4.21. The van der Waals surface area contributed by atoms with E-state index in [4.69, 9.17) is 11.6 Å². The van der Waals surface area contributed by atoms with Crippen molar-refractivity contribution in [2.75, 3.05) is 6.54 Å². The molecule has 0 amide bonds. The van der Waals surface area contributed by atoms with Gasteiger partial charge in [-0.25, -0.2) is 9.37 Å². The summed E-state index contributed by atoms with van der Waals surface area (Å²) >= 11 is 6.25. The summed E-state index contributed by atoms with van der Waals surface area (Å²) in [6.07, 6.45) is 2.98. The lowest BCUT2D eigenvalue weighted by Crippen LogP contribution is -2.17. The van der Waals surface area contributed by atoms with Gasteiger partial charge in [0.2, 0.25) is 0 Å². The molecular weight excluding hydrogens is 411 g/mol. The lowest BCUT2D eigenvalue weighted by molar-refractivity contribution is 0.626. The van der Waals surface area contributed by atoms with Gasteiger partial charge >= 0.3 is 0 Å². The van der Waals surface area contributed by atoms with Crippen molar-refractivity contribution >= 4 is 33.5 Å². The summed E-state index contributed by atoms with van der Waals surface area (Å²) in [7, 11) is 0. The Bertz CT molecular complexity index is 1320. The van der Waals surface area contributed by atoms with E-state index in [1.54, 1.807) is 6.07 Å². The van der Waals surface area contributed by atoms with Gasteiger partial charge in [-0.2, -0.15) is 0 Å². The highest BCUT2D eigenvalue weighted by molar-refractivity contribution is 6.31. The molecule has 3 aromatic carbocycles. The Morgan fingerprint density at radius 3 is 2.71 bits per heavy atom. The van der Waals surface area contributed by atoms with Crippen LogP contribution in [0.4, 0.5) is 4.39 Å². The van der Waals surface area contributed by atoms with Gasteiger partial charge in [0.25, 0.3) is 0 Å². The van der Waals surface area contributed by atoms with E-state index in [0.29, 0.717) is 11.6 Å². The van der Waals surface area contributed by atoms with Crippen molar-refractivity contribution < 1.29 is 4.39 Å². The topological polar surface area (TPSA) is 45.6 Å². The molecule has 0 atom stereocenters. The van der Waals surface area contributed by atoms with Crippen LogP contribution in [0.2, 0.25) is 5.02 Å². The second kappa shape index (κ2) is 8.53. The van der Waals surface area contributed by atoms with Crippen LogP contribution in [0.15, 0.2) is 72.9 Å². The van der Waals surface area contributed by atoms with Gasteiger partial charge in [0, 0.05) is 48.2 Å². The zero-order chi connectivity index (χ0) is 21.2. The van der Waals surface area contributed by atoms with Crippen LogP contribution in [-0.4, -0.2) is 21.1 Å². The molecule has 5 aromatic rings. The predicted octanol–water partition coefficient (Wildman–Crippen LogP) is 5.69. The number of hydrogen-bond donors (Lipinski definition) is 2. The molecule has 0 saturated heterocycles. The standard InChI is InChI=1S/C25H22ClFN4/c26-21-13-19(27)10-9-17(21)15-31-16-18(20-5-1-4-8-24(20)31)14-28-12-11-25-29-22-6-2-3-7-23(22)30-25/h1-10,13,16,28H,11-12,14-15H2,(H,29,30). The summed E-state index contributed by atoms with van der Waals surface area (Å²) in [4.78, 5) is 8.00. The Morgan fingerprint density at radius 1 is 1.00 bits per heavy atom. The molecule has 4 nitrogen and oxygen atoms in total. The number of halogens is 2. The van der Waals surface area contributed by atoms with Gasteiger partial charge in [-0.3, -0.25) is 0 Å². The molecular formula is C25H22ClFN4. The molecule has 0 aliphatic rings. The lowest BCUT2D eigenvalue weighted by Gasteiger charge is -2.07. The lowest BCUT2D eigenvalue weighted by atomic mass is 10.2. The smallest absolute Gasteiger partial charge is 0.124 e. The van der Waals surface area contributed by atoms with Gasteiger partial charge in [-0.1, -0.05) is 48.0 Å². The molecule has 0 saturated carbocycles. The number of aromatic amines is 1. The number of benzene rings is 3. The Hall–Kier alpha value is -3.15. The van der Waals surface area contributed by atoms with E-state index in [-0.39, 0.29) is 5.82 Å². The molecule has 0 fully saturated rings. The van der Waals surface area contributed by atoms with E-state index >= 15 is 0 Å².